The summed E-state index contributed by atoms with van der Waals surface area (Å²) in [6.45, 7) is 0. The van der Waals surface area contributed by atoms with E-state index in [1.54, 1.807) is 0 Å². The molecule has 4 nitrogen and oxygen atoms in total. The number of para-hydroxylation sites is 2. The quantitative estimate of drug-likeness (QED) is 0.205. The SMILES string of the molecule is c1ccc(-c2nc(-c3cccc(-n4c5ccccc5c5cc6c(cc54)sc4ccccc46)c3)nc3c2oc2ccccc23)cc1. The van der Waals surface area contributed by atoms with E-state index in [0.717, 1.165) is 39.0 Å². The summed E-state index contributed by atoms with van der Waals surface area (Å²) in [5, 5.41) is 6.10. The van der Waals surface area contributed by atoms with Crippen molar-refractivity contribution < 1.29 is 4.42 Å². The van der Waals surface area contributed by atoms with Crippen molar-refractivity contribution in [3.05, 3.63) is 140 Å². The summed E-state index contributed by atoms with van der Waals surface area (Å²) < 4.78 is 11.3. The van der Waals surface area contributed by atoms with E-state index in [1.165, 1.54) is 42.0 Å². The maximum atomic E-state index is 6.34. The molecular weight excluding hydrogens is 571 g/mol. The summed E-state index contributed by atoms with van der Waals surface area (Å²) in [4.78, 5) is 10.3. The molecule has 0 saturated heterocycles. The highest BCUT2D eigenvalue weighted by Crippen LogP contribution is 2.41. The number of hydrogen-bond donors (Lipinski definition) is 0. The van der Waals surface area contributed by atoms with E-state index in [4.69, 9.17) is 14.4 Å². The van der Waals surface area contributed by atoms with Crippen molar-refractivity contribution in [2.24, 2.45) is 0 Å². The van der Waals surface area contributed by atoms with Gasteiger partial charge in [0.05, 0.1) is 11.0 Å². The van der Waals surface area contributed by atoms with E-state index in [9.17, 15) is 0 Å². The highest BCUT2D eigenvalue weighted by Gasteiger charge is 2.19. The molecule has 0 unspecified atom stereocenters. The fraction of sp³-hybridized carbons (Fsp3) is 0. The molecule has 0 saturated carbocycles. The average molecular weight is 594 g/mol. The van der Waals surface area contributed by atoms with Crippen LogP contribution in [0.5, 0.6) is 0 Å². The molecule has 4 heterocycles. The van der Waals surface area contributed by atoms with Gasteiger partial charge in [-0.15, -0.1) is 11.3 Å². The van der Waals surface area contributed by atoms with Crippen molar-refractivity contribution in [1.29, 1.82) is 0 Å². The number of benzene rings is 6. The van der Waals surface area contributed by atoms with Crippen molar-refractivity contribution in [3.63, 3.8) is 0 Å². The lowest BCUT2D eigenvalue weighted by atomic mass is 10.1. The van der Waals surface area contributed by atoms with Crippen molar-refractivity contribution in [2.75, 3.05) is 0 Å². The van der Waals surface area contributed by atoms with Gasteiger partial charge in [0.15, 0.2) is 11.4 Å². The minimum atomic E-state index is 0.669. The van der Waals surface area contributed by atoms with Gasteiger partial charge < -0.3 is 8.98 Å². The first-order valence-electron chi connectivity index (χ1n) is 15.0. The molecule has 0 bridgehead atoms. The molecule has 6 aromatic carbocycles. The normalized spacial score (nSPS) is 12.0. The Bertz CT molecular complexity index is 2770. The molecule has 0 fully saturated rings. The molecule has 210 valence electrons. The van der Waals surface area contributed by atoms with Gasteiger partial charge >= 0.3 is 0 Å². The van der Waals surface area contributed by atoms with Crippen LogP contribution in [0.4, 0.5) is 0 Å². The van der Waals surface area contributed by atoms with Gasteiger partial charge in [-0.3, -0.25) is 0 Å². The second kappa shape index (κ2) is 9.36. The van der Waals surface area contributed by atoms with Gasteiger partial charge in [-0.1, -0.05) is 91.0 Å². The standard InChI is InChI=1S/C40H23N3OS/c1-2-11-24(12-3-1)37-39-38(29-17-5-8-19-34(29)44-39)42-40(41-37)25-13-10-14-26(21-25)43-32-18-7-4-15-27(32)30-22-31-28-16-6-9-20-35(28)45-36(31)23-33(30)43/h1-23H. The Hall–Kier alpha value is -5.78. The van der Waals surface area contributed by atoms with Gasteiger partial charge in [0, 0.05) is 53.1 Å². The zero-order valence-corrected chi connectivity index (χ0v) is 24.8. The molecule has 0 spiro atoms. The van der Waals surface area contributed by atoms with Crippen molar-refractivity contribution in [3.8, 4) is 28.3 Å². The van der Waals surface area contributed by atoms with Crippen LogP contribution in [0.15, 0.2) is 144 Å². The molecule has 0 radical (unpaired) electrons. The Morgan fingerprint density at radius 2 is 1.27 bits per heavy atom. The molecule has 0 N–H and O–H groups in total. The highest BCUT2D eigenvalue weighted by molar-refractivity contribution is 7.25. The molecule has 4 aromatic heterocycles. The summed E-state index contributed by atoms with van der Waals surface area (Å²) in [7, 11) is 0. The van der Waals surface area contributed by atoms with Gasteiger partial charge in [0.1, 0.15) is 16.8 Å². The van der Waals surface area contributed by atoms with Crippen LogP contribution in [0.25, 0.3) is 92.4 Å². The lowest BCUT2D eigenvalue weighted by Gasteiger charge is -2.11. The van der Waals surface area contributed by atoms with Crippen LogP contribution >= 0.6 is 11.3 Å². The summed E-state index contributed by atoms with van der Waals surface area (Å²) in [5.41, 5.74) is 8.51. The topological polar surface area (TPSA) is 43.9 Å². The van der Waals surface area contributed by atoms with Gasteiger partial charge in [-0.05, 0) is 48.5 Å². The predicted octanol–water partition coefficient (Wildman–Crippen LogP) is 11.2. The third-order valence-corrected chi connectivity index (χ3v) is 9.93. The van der Waals surface area contributed by atoms with E-state index >= 15 is 0 Å². The third kappa shape index (κ3) is 3.65. The van der Waals surface area contributed by atoms with E-state index < -0.39 is 0 Å². The number of fused-ring (bicyclic) bond motifs is 9. The van der Waals surface area contributed by atoms with Crippen molar-refractivity contribution in [2.45, 2.75) is 0 Å². The van der Waals surface area contributed by atoms with Gasteiger partial charge in [-0.2, -0.15) is 0 Å². The second-order valence-corrected chi connectivity index (χ2v) is 12.5. The molecule has 0 aliphatic carbocycles. The molecule has 0 aliphatic heterocycles. The van der Waals surface area contributed by atoms with Crippen LogP contribution in [-0.4, -0.2) is 14.5 Å². The molecule has 0 aliphatic rings. The number of thiophene rings is 1. The fourth-order valence-electron chi connectivity index (χ4n) is 6.76. The van der Waals surface area contributed by atoms with Crippen LogP contribution in [0.2, 0.25) is 0 Å². The molecular formula is C40H23N3OS. The van der Waals surface area contributed by atoms with Crippen molar-refractivity contribution >= 4 is 75.4 Å². The van der Waals surface area contributed by atoms with Gasteiger partial charge in [0.2, 0.25) is 0 Å². The Kier molecular flexibility index (Phi) is 5.12. The maximum absolute atomic E-state index is 6.34. The smallest absolute Gasteiger partial charge is 0.180 e. The first-order chi connectivity index (χ1) is 22.3. The van der Waals surface area contributed by atoms with Crippen LogP contribution in [0.3, 0.4) is 0 Å². The molecule has 10 aromatic rings. The molecule has 45 heavy (non-hydrogen) atoms. The zero-order valence-electron chi connectivity index (χ0n) is 23.9. The first-order valence-corrected chi connectivity index (χ1v) is 15.8. The van der Waals surface area contributed by atoms with Crippen LogP contribution in [0, 0.1) is 0 Å². The van der Waals surface area contributed by atoms with Gasteiger partial charge in [0.25, 0.3) is 0 Å². The first kappa shape index (κ1) is 24.6. The lowest BCUT2D eigenvalue weighted by Crippen LogP contribution is -1.97. The van der Waals surface area contributed by atoms with Crippen molar-refractivity contribution in [1.82, 2.24) is 14.5 Å². The largest absolute Gasteiger partial charge is 0.452 e. The Morgan fingerprint density at radius 1 is 0.511 bits per heavy atom. The minimum Gasteiger partial charge on any atom is -0.452 e. The Labute approximate surface area is 261 Å². The summed E-state index contributed by atoms with van der Waals surface area (Å²) in [5.74, 6) is 0.669. The van der Waals surface area contributed by atoms with E-state index in [0.29, 0.717) is 11.4 Å². The molecule has 10 rings (SSSR count). The fourth-order valence-corrected chi connectivity index (χ4v) is 7.88. The van der Waals surface area contributed by atoms with Gasteiger partial charge in [-0.25, -0.2) is 9.97 Å². The number of hydrogen-bond acceptors (Lipinski definition) is 4. The molecule has 5 heteroatoms. The zero-order chi connectivity index (χ0) is 29.5. The highest BCUT2D eigenvalue weighted by atomic mass is 32.1. The molecule has 0 atom stereocenters. The monoisotopic (exact) mass is 593 g/mol. The van der Waals surface area contributed by atoms with E-state index in [2.05, 4.69) is 108 Å². The average Bonchev–Trinajstić information content (AvgIpc) is 3.76. The van der Waals surface area contributed by atoms with Crippen LogP contribution < -0.4 is 0 Å². The lowest BCUT2D eigenvalue weighted by molar-refractivity contribution is 0.667. The molecule has 0 amide bonds. The van der Waals surface area contributed by atoms with E-state index in [-0.39, 0.29) is 0 Å². The Morgan fingerprint density at radius 3 is 2.18 bits per heavy atom. The third-order valence-electron chi connectivity index (χ3n) is 8.80. The summed E-state index contributed by atoms with van der Waals surface area (Å²) in [6.07, 6.45) is 0. The van der Waals surface area contributed by atoms with Crippen LogP contribution in [0.1, 0.15) is 0 Å². The summed E-state index contributed by atoms with van der Waals surface area (Å²) >= 11 is 1.85. The van der Waals surface area contributed by atoms with E-state index in [1.807, 2.05) is 47.7 Å². The predicted molar refractivity (Wildman–Crippen MR) is 187 cm³/mol. The number of furan rings is 1. The number of nitrogens with zero attached hydrogens (tertiary/aromatic N) is 3. The second-order valence-electron chi connectivity index (χ2n) is 11.4. The number of aromatic nitrogens is 3. The summed E-state index contributed by atoms with van der Waals surface area (Å²) in [6, 6.07) is 49.0. The number of rotatable bonds is 3. The van der Waals surface area contributed by atoms with Crippen LogP contribution in [-0.2, 0) is 0 Å². The maximum Gasteiger partial charge on any atom is 0.180 e. The minimum absolute atomic E-state index is 0.669. The Balaban J connectivity index is 1.23.